The van der Waals surface area contributed by atoms with Gasteiger partial charge in [0.2, 0.25) is 25.2 Å². The van der Waals surface area contributed by atoms with Crippen molar-refractivity contribution in [2.45, 2.75) is 74.4 Å². The number of nitrogens with one attached hydrogen (secondary N) is 2. The van der Waals surface area contributed by atoms with Gasteiger partial charge in [0.1, 0.15) is 5.25 Å². The molecule has 2 rings (SSSR count). The molecule has 1 saturated carbocycles. The summed E-state index contributed by atoms with van der Waals surface area (Å²) in [4.78, 5) is 12.4. The van der Waals surface area contributed by atoms with Crippen molar-refractivity contribution in [2.75, 3.05) is 11.9 Å². The smallest absolute Gasteiger partial charge is 0.238 e. The average Bonchev–Trinajstić information content (AvgIpc) is 2.90. The number of aromatic nitrogens is 2. The van der Waals surface area contributed by atoms with Crippen LogP contribution in [0.5, 0.6) is 0 Å². The lowest BCUT2D eigenvalue weighted by atomic mass is 10.1. The van der Waals surface area contributed by atoms with Gasteiger partial charge in [0, 0.05) is 12.6 Å². The summed E-state index contributed by atoms with van der Waals surface area (Å²) >= 11 is 0.974. The third kappa shape index (κ3) is 4.89. The maximum absolute atomic E-state index is 12.6. The highest BCUT2D eigenvalue weighted by Crippen LogP contribution is 2.24. The molecule has 9 heteroatoms. The van der Waals surface area contributed by atoms with Crippen molar-refractivity contribution in [3.05, 3.63) is 0 Å². The first-order chi connectivity index (χ1) is 11.4. The van der Waals surface area contributed by atoms with E-state index in [1.165, 1.54) is 19.8 Å². The van der Waals surface area contributed by atoms with Crippen molar-refractivity contribution in [2.24, 2.45) is 0 Å². The number of carbonyl (C=O) groups excluding carboxylic acids is 1. The number of hydrogen-bond acceptors (Lipinski definition) is 7. The van der Waals surface area contributed by atoms with Crippen LogP contribution in [0.2, 0.25) is 0 Å². The first kappa shape index (κ1) is 19.1. The van der Waals surface area contributed by atoms with Gasteiger partial charge in [-0.25, -0.2) is 8.42 Å². The molecular weight excluding hydrogens is 348 g/mol. The first-order valence-electron chi connectivity index (χ1n) is 8.56. The summed E-state index contributed by atoms with van der Waals surface area (Å²) in [5.74, 6) is -0.444. The lowest BCUT2D eigenvalue weighted by Gasteiger charge is -2.18. The summed E-state index contributed by atoms with van der Waals surface area (Å²) in [5.41, 5.74) is 0. The van der Waals surface area contributed by atoms with Crippen LogP contribution in [0.15, 0.2) is 4.34 Å². The zero-order valence-corrected chi connectivity index (χ0v) is 15.9. The van der Waals surface area contributed by atoms with Crippen LogP contribution in [0.25, 0.3) is 0 Å². The summed E-state index contributed by atoms with van der Waals surface area (Å²) in [7, 11) is -3.81. The third-order valence-electron chi connectivity index (χ3n) is 4.21. The molecule has 0 spiro atoms. The van der Waals surface area contributed by atoms with Crippen LogP contribution in [0.3, 0.4) is 0 Å². The second-order valence-electron chi connectivity index (χ2n) is 6.18. The van der Waals surface area contributed by atoms with Gasteiger partial charge in [0.05, 0.1) is 0 Å². The maximum atomic E-state index is 12.6. The number of rotatable bonds is 7. The Morgan fingerprint density at radius 1 is 1.25 bits per heavy atom. The molecule has 1 aliphatic rings. The standard InChI is InChI=1S/C15H26N4O3S2/c1-3-10-16-14-18-19-15(23-14)24(21,22)11(2)13(20)17-12-8-6-4-5-7-9-12/h11-12H,3-10H2,1-2H3,(H,16,18)(H,17,20)/t11-/m0/s1. The highest BCUT2D eigenvalue weighted by Gasteiger charge is 2.34. The van der Waals surface area contributed by atoms with Crippen molar-refractivity contribution < 1.29 is 13.2 Å². The van der Waals surface area contributed by atoms with Gasteiger partial charge in [-0.2, -0.15) is 0 Å². The molecule has 0 saturated heterocycles. The molecule has 0 aliphatic heterocycles. The normalized spacial score (nSPS) is 17.9. The quantitative estimate of drug-likeness (QED) is 0.711. The number of sulfone groups is 1. The molecule has 0 unspecified atom stereocenters. The molecule has 1 aromatic heterocycles. The lowest BCUT2D eigenvalue weighted by Crippen LogP contribution is -2.43. The number of carbonyl (C=O) groups is 1. The Balaban J connectivity index is 2.01. The number of hydrogen-bond donors (Lipinski definition) is 2. The van der Waals surface area contributed by atoms with Crippen LogP contribution in [-0.2, 0) is 14.6 Å². The molecule has 7 nitrogen and oxygen atoms in total. The first-order valence-corrected chi connectivity index (χ1v) is 10.9. The summed E-state index contributed by atoms with van der Waals surface area (Å²) in [6.45, 7) is 4.12. The Hall–Kier alpha value is -1.22. The van der Waals surface area contributed by atoms with E-state index in [1.54, 1.807) is 0 Å². The van der Waals surface area contributed by atoms with Crippen LogP contribution in [0.1, 0.15) is 58.8 Å². The summed E-state index contributed by atoms with van der Waals surface area (Å²) in [6, 6.07) is 0.0776. The van der Waals surface area contributed by atoms with Crippen molar-refractivity contribution in [1.82, 2.24) is 15.5 Å². The summed E-state index contributed by atoms with van der Waals surface area (Å²) < 4.78 is 25.1. The molecule has 136 valence electrons. The van der Waals surface area contributed by atoms with E-state index in [9.17, 15) is 13.2 Å². The van der Waals surface area contributed by atoms with Crippen LogP contribution >= 0.6 is 11.3 Å². The van der Waals surface area contributed by atoms with Gasteiger partial charge in [-0.3, -0.25) is 4.79 Å². The zero-order valence-electron chi connectivity index (χ0n) is 14.2. The molecular formula is C15H26N4O3S2. The van der Waals surface area contributed by atoms with E-state index >= 15 is 0 Å². The zero-order chi connectivity index (χ0) is 17.6. The molecule has 24 heavy (non-hydrogen) atoms. The van der Waals surface area contributed by atoms with E-state index in [2.05, 4.69) is 20.8 Å². The number of nitrogens with zero attached hydrogens (tertiary/aromatic N) is 2. The maximum Gasteiger partial charge on any atom is 0.238 e. The Bertz CT molecular complexity index is 637. The van der Waals surface area contributed by atoms with E-state index in [4.69, 9.17) is 0 Å². The fourth-order valence-electron chi connectivity index (χ4n) is 2.66. The monoisotopic (exact) mass is 374 g/mol. The molecule has 1 fully saturated rings. The van der Waals surface area contributed by atoms with Crippen LogP contribution in [0, 0.1) is 0 Å². The predicted molar refractivity (Wildman–Crippen MR) is 95.0 cm³/mol. The molecule has 0 aromatic carbocycles. The molecule has 1 atom stereocenters. The van der Waals surface area contributed by atoms with Gasteiger partial charge in [-0.1, -0.05) is 43.9 Å². The molecule has 1 aromatic rings. The molecule has 0 radical (unpaired) electrons. The van der Waals surface area contributed by atoms with Gasteiger partial charge in [-0.05, 0) is 26.2 Å². The van der Waals surface area contributed by atoms with Gasteiger partial charge < -0.3 is 10.6 Å². The van der Waals surface area contributed by atoms with E-state index < -0.39 is 21.0 Å². The van der Waals surface area contributed by atoms with Gasteiger partial charge in [0.15, 0.2) is 0 Å². The molecule has 1 aliphatic carbocycles. The Morgan fingerprint density at radius 2 is 1.92 bits per heavy atom. The van der Waals surface area contributed by atoms with Crippen molar-refractivity contribution in [3.8, 4) is 0 Å². The number of anilines is 1. The van der Waals surface area contributed by atoms with Crippen molar-refractivity contribution >= 4 is 32.2 Å². The lowest BCUT2D eigenvalue weighted by molar-refractivity contribution is -0.121. The van der Waals surface area contributed by atoms with Crippen LogP contribution in [0.4, 0.5) is 5.13 Å². The Morgan fingerprint density at radius 3 is 2.54 bits per heavy atom. The SMILES string of the molecule is CCCNc1nnc(S(=O)(=O)[C@@H](C)C(=O)NC2CCCCCC2)s1. The van der Waals surface area contributed by atoms with Crippen molar-refractivity contribution in [1.29, 1.82) is 0 Å². The molecule has 0 bridgehead atoms. The molecule has 1 heterocycles. The average molecular weight is 375 g/mol. The number of amides is 1. The van der Waals surface area contributed by atoms with Gasteiger partial charge in [-0.15, -0.1) is 10.2 Å². The van der Waals surface area contributed by atoms with Crippen LogP contribution in [-0.4, -0.2) is 42.4 Å². The second kappa shape index (κ2) is 8.75. The fourth-order valence-corrected chi connectivity index (χ4v) is 5.11. The largest absolute Gasteiger partial charge is 0.360 e. The topological polar surface area (TPSA) is 101 Å². The van der Waals surface area contributed by atoms with Gasteiger partial charge in [0.25, 0.3) is 0 Å². The molecule has 1 amide bonds. The highest BCUT2D eigenvalue weighted by molar-refractivity contribution is 7.94. The summed E-state index contributed by atoms with van der Waals surface area (Å²) in [5, 5.41) is 12.8. The second-order valence-corrected chi connectivity index (χ2v) is 9.60. The predicted octanol–water partition coefficient (Wildman–Crippen LogP) is 2.36. The van der Waals surface area contributed by atoms with E-state index in [-0.39, 0.29) is 10.4 Å². The summed E-state index contributed by atoms with van der Waals surface area (Å²) in [6.07, 6.45) is 7.26. The Labute approximate surface area is 147 Å². The van der Waals surface area contributed by atoms with Crippen molar-refractivity contribution in [3.63, 3.8) is 0 Å². The minimum atomic E-state index is -3.81. The third-order valence-corrected chi connectivity index (χ3v) is 7.55. The van der Waals surface area contributed by atoms with E-state index in [0.29, 0.717) is 11.7 Å². The van der Waals surface area contributed by atoms with Gasteiger partial charge >= 0.3 is 0 Å². The van der Waals surface area contributed by atoms with E-state index in [1.807, 2.05) is 6.92 Å². The van der Waals surface area contributed by atoms with E-state index in [0.717, 1.165) is 43.4 Å². The minimum absolute atomic E-state index is 0.0776. The van der Waals surface area contributed by atoms with Crippen LogP contribution < -0.4 is 10.6 Å². The highest BCUT2D eigenvalue weighted by atomic mass is 32.2. The molecule has 2 N–H and O–H groups in total. The minimum Gasteiger partial charge on any atom is -0.360 e. The Kier molecular flexibility index (Phi) is 6.97. The fraction of sp³-hybridized carbons (Fsp3) is 0.800.